The van der Waals surface area contributed by atoms with Gasteiger partial charge in [0, 0.05) is 103 Å². The maximum atomic E-state index is 12.5. The van der Waals surface area contributed by atoms with E-state index in [4.69, 9.17) is 51.6 Å². The Morgan fingerprint density at radius 1 is 0.649 bits per heavy atom. The summed E-state index contributed by atoms with van der Waals surface area (Å²) in [4.78, 5) is 41.9. The predicted octanol–water partition coefficient (Wildman–Crippen LogP) is 8.58. The zero-order valence-corrected chi connectivity index (χ0v) is 43.7. The Kier molecular flexibility index (Phi) is 19.1. The molecule has 0 fully saturated rings. The standard InChI is InChI=1S/C56H60Cl2N6O10/c1-32-39(30-73-51-18-49(71-28-37-14-36(20-59-5)21-60-22-37)42(16-46(51)57)25-63-53(34(3)65)55(67)69-6)10-8-12-44(32)45-13-9-11-40(33(45)2)31-74-52-19-50(72-29-38-15-41(24-61-23-38)48-27-62-48)43(17-47(52)58)26-64-54(35(4)66)56(68)70-7/h8-24,27,34-35,48,53-54,63-66H,25-26,28-31H2,1-7H3/b59-20+/t34-,35-,48?,53-,54-/m0/s1. The fraction of sp³-hybridized carbons (Fsp3) is 0.321. The van der Waals surface area contributed by atoms with E-state index in [0.717, 1.165) is 55.6 Å². The highest BCUT2D eigenvalue weighted by Crippen LogP contribution is 2.38. The third kappa shape index (κ3) is 14.2. The van der Waals surface area contributed by atoms with E-state index >= 15 is 0 Å². The van der Waals surface area contributed by atoms with E-state index in [1.165, 1.54) is 28.1 Å². The number of hydrogen-bond acceptors (Lipinski definition) is 16. The number of methoxy groups -OCH3 is 2. The lowest BCUT2D eigenvalue weighted by Crippen LogP contribution is -2.45. The van der Waals surface area contributed by atoms with Crippen LogP contribution in [0.4, 0.5) is 0 Å². The normalized spacial score (nSPS) is 14.5. The molecule has 3 heterocycles. The van der Waals surface area contributed by atoms with Gasteiger partial charge in [-0.1, -0.05) is 59.6 Å². The van der Waals surface area contributed by atoms with Gasteiger partial charge in [-0.3, -0.25) is 40.2 Å². The molecule has 0 amide bonds. The zero-order chi connectivity index (χ0) is 52.9. The van der Waals surface area contributed by atoms with Gasteiger partial charge in [0.2, 0.25) is 0 Å². The Morgan fingerprint density at radius 3 is 1.55 bits per heavy atom. The number of hydrogen-bond donors (Lipinski definition) is 4. The fourth-order valence-corrected chi connectivity index (χ4v) is 8.66. The lowest BCUT2D eigenvalue weighted by atomic mass is 9.92. The highest BCUT2D eigenvalue weighted by atomic mass is 35.5. The van der Waals surface area contributed by atoms with Crippen molar-refractivity contribution in [2.75, 3.05) is 21.3 Å². The van der Waals surface area contributed by atoms with Gasteiger partial charge in [0.05, 0.1) is 36.5 Å². The van der Waals surface area contributed by atoms with Gasteiger partial charge in [0.15, 0.2) is 0 Å². The molecule has 5 atom stereocenters. The second-order valence-corrected chi connectivity index (χ2v) is 18.6. The first kappa shape index (κ1) is 54.8. The summed E-state index contributed by atoms with van der Waals surface area (Å²) in [5.41, 5.74) is 10.6. The summed E-state index contributed by atoms with van der Waals surface area (Å²) in [6.07, 6.45) is 8.42. The van der Waals surface area contributed by atoms with Gasteiger partial charge in [0.25, 0.3) is 0 Å². The van der Waals surface area contributed by atoms with Crippen LogP contribution in [0.5, 0.6) is 23.0 Å². The predicted molar refractivity (Wildman–Crippen MR) is 283 cm³/mol. The summed E-state index contributed by atoms with van der Waals surface area (Å²) in [6.45, 7) is 8.06. The smallest absolute Gasteiger partial charge is 0.325 e. The van der Waals surface area contributed by atoms with Crippen molar-refractivity contribution >= 4 is 47.6 Å². The van der Waals surface area contributed by atoms with Gasteiger partial charge < -0.3 is 38.6 Å². The topological polar surface area (TPSA) is 205 Å². The summed E-state index contributed by atoms with van der Waals surface area (Å²) < 4.78 is 35.4. The molecule has 1 aliphatic rings. The number of carbonyl (C=O) groups excluding carboxylic acids is 2. The summed E-state index contributed by atoms with van der Waals surface area (Å²) in [7, 11) is 4.22. The van der Waals surface area contributed by atoms with Crippen molar-refractivity contribution in [1.29, 1.82) is 0 Å². The van der Waals surface area contributed by atoms with Gasteiger partial charge in [-0.2, -0.15) is 0 Å². The third-order valence-electron chi connectivity index (χ3n) is 12.4. The van der Waals surface area contributed by atoms with Crippen molar-refractivity contribution in [3.05, 3.63) is 163 Å². The molecule has 0 radical (unpaired) electrons. The SMILES string of the molecule is C/N=C/c1cncc(COc2cc(OCc3cccc(-c4cccc(COc5cc(OCc6cncc(C7C=N7)c6)c(CN[C@H](C(=O)OC)[C@H](C)O)cc5Cl)c4C)c3C)c(Cl)cc2CN[C@H](C(=O)OC)[C@H](C)O)c1. The number of halogens is 2. The number of nitrogens with zero attached hydrogens (tertiary/aromatic N) is 4. The van der Waals surface area contributed by atoms with Crippen molar-refractivity contribution in [3.63, 3.8) is 0 Å². The molecule has 1 unspecified atom stereocenters. The summed E-state index contributed by atoms with van der Waals surface area (Å²) in [5.74, 6) is 0.462. The molecule has 4 N–H and O–H groups in total. The average Bonchev–Trinajstić information content (AvgIpc) is 4.25. The monoisotopic (exact) mass is 1050 g/mol. The second-order valence-electron chi connectivity index (χ2n) is 17.7. The Morgan fingerprint density at radius 2 is 1.11 bits per heavy atom. The molecule has 6 aromatic rings. The molecule has 0 bridgehead atoms. The van der Waals surface area contributed by atoms with Gasteiger partial charge in [-0.05, 0) is 85.3 Å². The molecule has 7 rings (SSSR count). The fourth-order valence-electron chi connectivity index (χ4n) is 8.18. The number of esters is 2. The largest absolute Gasteiger partial charge is 0.488 e. The van der Waals surface area contributed by atoms with Crippen LogP contribution in [0.25, 0.3) is 11.1 Å². The number of benzene rings is 4. The Bertz CT molecular complexity index is 3000. The maximum absolute atomic E-state index is 12.5. The first-order chi connectivity index (χ1) is 35.7. The lowest BCUT2D eigenvalue weighted by Gasteiger charge is -2.21. The molecule has 0 saturated heterocycles. The van der Waals surface area contributed by atoms with Crippen molar-refractivity contribution in [3.8, 4) is 34.1 Å². The van der Waals surface area contributed by atoms with E-state index in [9.17, 15) is 19.8 Å². The molecular weight excluding hydrogens is 988 g/mol. The number of carbonyl (C=O) groups is 2. The molecule has 0 saturated carbocycles. The summed E-state index contributed by atoms with van der Waals surface area (Å²) >= 11 is 13.8. The molecule has 0 aliphatic carbocycles. The summed E-state index contributed by atoms with van der Waals surface area (Å²) in [5, 5.41) is 27.4. The number of aromatic nitrogens is 2. The quantitative estimate of drug-likeness (QED) is 0.0313. The number of aliphatic imine (C=N–C) groups is 2. The molecule has 2 aromatic heterocycles. The Hall–Kier alpha value is -6.92. The summed E-state index contributed by atoms with van der Waals surface area (Å²) in [6, 6.07) is 21.0. The third-order valence-corrected chi connectivity index (χ3v) is 13.0. The van der Waals surface area contributed by atoms with E-state index in [-0.39, 0.29) is 45.6 Å². The van der Waals surface area contributed by atoms with Crippen LogP contribution >= 0.6 is 23.2 Å². The minimum atomic E-state index is -1.03. The van der Waals surface area contributed by atoms with Crippen LogP contribution in [0.1, 0.15) is 75.5 Å². The van der Waals surface area contributed by atoms with Gasteiger partial charge in [0.1, 0.15) is 67.6 Å². The number of aliphatic hydroxyl groups is 2. The van der Waals surface area contributed by atoms with Crippen LogP contribution in [0.2, 0.25) is 10.0 Å². The van der Waals surface area contributed by atoms with Crippen LogP contribution in [-0.4, -0.2) is 90.1 Å². The number of nitrogens with one attached hydrogen (secondary N) is 2. The van der Waals surface area contributed by atoms with Crippen LogP contribution in [0, 0.1) is 13.8 Å². The van der Waals surface area contributed by atoms with E-state index in [1.54, 1.807) is 62.3 Å². The molecule has 388 valence electrons. The Balaban J connectivity index is 1.09. The minimum Gasteiger partial charge on any atom is -0.488 e. The van der Waals surface area contributed by atoms with E-state index < -0.39 is 36.2 Å². The van der Waals surface area contributed by atoms with Crippen molar-refractivity contribution in [2.24, 2.45) is 9.98 Å². The second kappa shape index (κ2) is 25.8. The number of rotatable bonds is 25. The van der Waals surface area contributed by atoms with Crippen molar-refractivity contribution in [1.82, 2.24) is 20.6 Å². The van der Waals surface area contributed by atoms with Gasteiger partial charge in [-0.25, -0.2) is 0 Å². The van der Waals surface area contributed by atoms with Crippen LogP contribution < -0.4 is 29.6 Å². The molecule has 74 heavy (non-hydrogen) atoms. The van der Waals surface area contributed by atoms with E-state index in [1.807, 2.05) is 56.5 Å². The van der Waals surface area contributed by atoms with Crippen LogP contribution in [0.15, 0.2) is 108 Å². The molecule has 0 spiro atoms. The lowest BCUT2D eigenvalue weighted by molar-refractivity contribution is -0.146. The van der Waals surface area contributed by atoms with Crippen LogP contribution in [0.3, 0.4) is 0 Å². The zero-order valence-electron chi connectivity index (χ0n) is 42.2. The highest BCUT2D eigenvalue weighted by Gasteiger charge is 2.27. The average molecular weight is 1050 g/mol. The number of ether oxygens (including phenoxy) is 6. The first-order valence-corrected chi connectivity index (χ1v) is 24.6. The van der Waals surface area contributed by atoms with Crippen LogP contribution in [-0.2, 0) is 58.6 Å². The van der Waals surface area contributed by atoms with Crippen molar-refractivity contribution in [2.45, 2.75) is 97.5 Å². The molecule has 4 aromatic carbocycles. The maximum Gasteiger partial charge on any atom is 0.325 e. The van der Waals surface area contributed by atoms with Gasteiger partial charge in [-0.15, -0.1) is 0 Å². The molecular formula is C56H60Cl2N6O10. The molecule has 18 heteroatoms. The van der Waals surface area contributed by atoms with E-state index in [0.29, 0.717) is 44.2 Å². The number of aliphatic hydroxyl groups excluding tert-OH is 2. The first-order valence-electron chi connectivity index (χ1n) is 23.8. The minimum absolute atomic E-state index is 0.0333. The van der Waals surface area contributed by atoms with Crippen molar-refractivity contribution < 1.29 is 48.2 Å². The highest BCUT2D eigenvalue weighted by molar-refractivity contribution is 6.32. The number of pyridine rings is 2. The van der Waals surface area contributed by atoms with Gasteiger partial charge >= 0.3 is 11.9 Å². The van der Waals surface area contributed by atoms with E-state index in [2.05, 4.69) is 42.7 Å². The molecule has 16 nitrogen and oxygen atoms in total. The molecule has 1 aliphatic heterocycles. The Labute approximate surface area is 440 Å².